The lowest BCUT2D eigenvalue weighted by Crippen LogP contribution is -2.34. The Balaban J connectivity index is 0.776. The minimum absolute atomic E-state index is 0.0672. The molecule has 6 amide bonds. The Kier molecular flexibility index (Phi) is 19.6. The van der Waals surface area contributed by atoms with E-state index in [0.29, 0.717) is 28.4 Å². The molecule has 6 aromatic carbocycles. The number of nitrogens with one attached hydrogen (secondary N) is 4. The van der Waals surface area contributed by atoms with Gasteiger partial charge in [0.15, 0.2) is 0 Å². The maximum Gasteiger partial charge on any atom is 0.326 e. The second kappa shape index (κ2) is 27.1. The largest absolute Gasteiger partial charge is 0.393 e. The fourth-order valence-corrected chi connectivity index (χ4v) is 10.4. The van der Waals surface area contributed by atoms with Crippen molar-refractivity contribution in [2.75, 3.05) is 33.5 Å². The van der Waals surface area contributed by atoms with Crippen LogP contribution < -0.4 is 31.1 Å². The number of nitrogens with zero attached hydrogens (tertiary/aromatic N) is 2. The van der Waals surface area contributed by atoms with Gasteiger partial charge in [0.25, 0.3) is 11.8 Å². The molecule has 6 aromatic rings. The number of amides is 6. The van der Waals surface area contributed by atoms with Crippen LogP contribution in [0, 0.1) is 7.14 Å². The molecule has 0 spiro atoms. The fraction of sp³-hybridized carbons (Fsp3) is 0.267. The van der Waals surface area contributed by atoms with E-state index in [1.165, 1.54) is 56.1 Å². The summed E-state index contributed by atoms with van der Waals surface area (Å²) in [6, 6.07) is 44.7. The van der Waals surface area contributed by atoms with Gasteiger partial charge in [0.1, 0.15) is 0 Å². The van der Waals surface area contributed by atoms with Crippen LogP contribution in [-0.2, 0) is 27.4 Å². The summed E-state index contributed by atoms with van der Waals surface area (Å²) in [7, 11) is 0. The molecule has 0 radical (unpaired) electrons. The van der Waals surface area contributed by atoms with E-state index >= 15 is 0 Å². The minimum Gasteiger partial charge on any atom is -0.393 e. The molecule has 1 fully saturated rings. The van der Waals surface area contributed by atoms with Crippen LogP contribution in [0.3, 0.4) is 0 Å². The lowest BCUT2D eigenvalue weighted by Gasteiger charge is -2.26. The topological polar surface area (TPSA) is 166 Å². The highest BCUT2D eigenvalue weighted by Crippen LogP contribution is 2.34. The fourth-order valence-electron chi connectivity index (χ4n) is 9.27. The quantitative estimate of drug-likeness (QED) is 0.0378. The summed E-state index contributed by atoms with van der Waals surface area (Å²) < 4.78 is 6.94. The zero-order chi connectivity index (χ0) is 52.5. The number of benzene rings is 6. The number of anilines is 4. The molecule has 4 N–H and O–H groups in total. The Morgan fingerprint density at radius 2 is 1.01 bits per heavy atom. The Hall–Kier alpha value is -6.86. The monoisotopic (exact) mass is 1230 g/mol. The highest BCUT2D eigenvalue weighted by atomic mass is 127. The van der Waals surface area contributed by atoms with Gasteiger partial charge in [-0.3, -0.25) is 29.0 Å². The van der Waals surface area contributed by atoms with Crippen molar-refractivity contribution in [2.45, 2.75) is 89.6 Å². The van der Waals surface area contributed by atoms with Crippen molar-refractivity contribution in [2.24, 2.45) is 0 Å². The third-order valence-corrected chi connectivity index (χ3v) is 14.7. The van der Waals surface area contributed by atoms with Crippen LogP contribution in [0.5, 0.6) is 0 Å². The second-order valence-corrected chi connectivity index (χ2v) is 21.2. The molecule has 0 aliphatic heterocycles. The van der Waals surface area contributed by atoms with Crippen molar-refractivity contribution in [1.82, 2.24) is 10.6 Å². The predicted octanol–water partition coefficient (Wildman–Crippen LogP) is 13.4. The van der Waals surface area contributed by atoms with Crippen LogP contribution in [0.2, 0.25) is 0 Å². The molecule has 386 valence electrons. The maximum atomic E-state index is 13.8. The van der Waals surface area contributed by atoms with E-state index in [4.69, 9.17) is 4.74 Å². The summed E-state index contributed by atoms with van der Waals surface area (Å²) in [5.74, 6) is -1.92. The lowest BCUT2D eigenvalue weighted by molar-refractivity contribution is -0.159. The van der Waals surface area contributed by atoms with Gasteiger partial charge in [0, 0.05) is 54.1 Å². The molecule has 8 rings (SSSR count). The molecule has 2 aliphatic carbocycles. The van der Waals surface area contributed by atoms with Crippen LogP contribution in [-0.4, -0.2) is 48.9 Å². The van der Waals surface area contributed by atoms with E-state index in [0.717, 1.165) is 48.0 Å². The molecular formula is C60H60I2N6O7. The van der Waals surface area contributed by atoms with Crippen LogP contribution in [0.25, 0.3) is 5.57 Å². The second-order valence-electron chi connectivity index (χ2n) is 18.8. The summed E-state index contributed by atoms with van der Waals surface area (Å²) in [6.45, 7) is 0.357. The number of urea groups is 2. The highest BCUT2D eigenvalue weighted by Gasteiger charge is 2.22. The number of halogens is 2. The first-order valence-electron chi connectivity index (χ1n) is 25.5. The number of esters is 2. The SMILES string of the molecule is O=C(CCNC(=O)c1ccc(CN(C(=O)Nc2cccc(I)c2)c2ccc(C3=CCCCC3)cc2)cc1)OC(=O)CCNC(=O)c1ccc(CN(C(=O)Nc2cccc(I)c2)c2ccc(C3CCCCC3)cc2)cc1. The molecule has 0 saturated heterocycles. The lowest BCUT2D eigenvalue weighted by atomic mass is 9.84. The van der Waals surface area contributed by atoms with Gasteiger partial charge < -0.3 is 26.0 Å². The first-order valence-corrected chi connectivity index (χ1v) is 27.7. The van der Waals surface area contributed by atoms with Crippen molar-refractivity contribution < 1.29 is 33.5 Å². The van der Waals surface area contributed by atoms with E-state index in [-0.39, 0.29) is 51.1 Å². The van der Waals surface area contributed by atoms with Crippen LogP contribution >= 0.6 is 45.2 Å². The third-order valence-electron chi connectivity index (χ3n) is 13.3. The summed E-state index contributed by atoms with van der Waals surface area (Å²) in [4.78, 5) is 82.0. The van der Waals surface area contributed by atoms with Crippen LogP contribution in [0.4, 0.5) is 32.3 Å². The summed E-state index contributed by atoms with van der Waals surface area (Å²) in [5.41, 5.74) is 8.93. The number of rotatable bonds is 18. The molecule has 13 nitrogen and oxygen atoms in total. The molecule has 75 heavy (non-hydrogen) atoms. The Labute approximate surface area is 465 Å². The van der Waals surface area contributed by atoms with Crippen molar-refractivity contribution in [3.8, 4) is 0 Å². The molecule has 0 atom stereocenters. The van der Waals surface area contributed by atoms with Crippen molar-refractivity contribution in [3.63, 3.8) is 0 Å². The van der Waals surface area contributed by atoms with E-state index in [1.807, 2.05) is 72.8 Å². The summed E-state index contributed by atoms with van der Waals surface area (Å²) >= 11 is 4.42. The van der Waals surface area contributed by atoms with Gasteiger partial charge in [-0.05, 0) is 202 Å². The minimum atomic E-state index is -0.814. The molecule has 0 bridgehead atoms. The normalized spacial score (nSPS) is 13.4. The molecular weight excluding hydrogens is 1170 g/mol. The number of hydrogen-bond donors (Lipinski definition) is 4. The van der Waals surface area contributed by atoms with E-state index in [9.17, 15) is 28.8 Å². The van der Waals surface area contributed by atoms with Crippen molar-refractivity contribution >= 4 is 109 Å². The molecule has 0 heterocycles. The highest BCUT2D eigenvalue weighted by molar-refractivity contribution is 14.1. The average molecular weight is 1230 g/mol. The summed E-state index contributed by atoms with van der Waals surface area (Å²) in [6.07, 6.45) is 12.4. The van der Waals surface area contributed by atoms with E-state index in [1.54, 1.807) is 58.3 Å². The number of carbonyl (C=O) groups excluding carboxylic acids is 6. The van der Waals surface area contributed by atoms with Gasteiger partial charge in [-0.25, -0.2) is 9.59 Å². The molecule has 2 aliphatic rings. The average Bonchev–Trinajstić information content (AvgIpc) is 3.42. The van der Waals surface area contributed by atoms with Crippen LogP contribution in [0.1, 0.15) is 120 Å². The van der Waals surface area contributed by atoms with E-state index in [2.05, 4.69) is 96.8 Å². The van der Waals surface area contributed by atoms with Gasteiger partial charge in [-0.2, -0.15) is 0 Å². The molecule has 0 aromatic heterocycles. The Morgan fingerprint density at radius 1 is 0.533 bits per heavy atom. The maximum absolute atomic E-state index is 13.8. The van der Waals surface area contributed by atoms with Crippen molar-refractivity contribution in [1.29, 1.82) is 0 Å². The van der Waals surface area contributed by atoms with Crippen LogP contribution in [0.15, 0.2) is 152 Å². The summed E-state index contributed by atoms with van der Waals surface area (Å²) in [5, 5.41) is 11.4. The van der Waals surface area contributed by atoms with Gasteiger partial charge in [0.2, 0.25) is 0 Å². The van der Waals surface area contributed by atoms with Gasteiger partial charge >= 0.3 is 24.0 Å². The van der Waals surface area contributed by atoms with Gasteiger partial charge in [-0.15, -0.1) is 0 Å². The molecule has 1 saturated carbocycles. The standard InChI is InChI=1S/C60H60I2N6O7/c61-49-13-7-15-51(37-49)65-59(73)67(53-29-25-45(26-30-53)43-9-3-1-4-10-43)39-41-17-21-47(22-18-41)57(71)63-35-33-55(69)75-56(70)34-36-64-58(72)48-23-19-42(20-24-48)40-68(60(74)66-52-16-8-14-50(62)38-52)54-31-27-46(28-32-54)44-11-5-2-6-12-44/h7-9,13-32,37-38,44H,1-6,10-12,33-36,39-40H2,(H,63,71)(H,64,72)(H,65,73)(H,66,74). The Bertz CT molecular complexity index is 3000. The first-order chi connectivity index (χ1) is 36.4. The molecule has 15 heteroatoms. The van der Waals surface area contributed by atoms with Gasteiger partial charge in [-0.1, -0.05) is 86.0 Å². The predicted molar refractivity (Wildman–Crippen MR) is 312 cm³/mol. The zero-order valence-electron chi connectivity index (χ0n) is 41.6. The zero-order valence-corrected chi connectivity index (χ0v) is 45.9. The molecule has 0 unspecified atom stereocenters. The number of ether oxygens (including phenoxy) is 1. The number of carbonyl (C=O) groups is 6. The number of allylic oxidation sites excluding steroid dienone is 2. The van der Waals surface area contributed by atoms with E-state index < -0.39 is 23.8 Å². The first kappa shape index (κ1) is 54.4. The van der Waals surface area contributed by atoms with Gasteiger partial charge in [0.05, 0.1) is 25.9 Å². The smallest absolute Gasteiger partial charge is 0.326 e. The third kappa shape index (κ3) is 16.1. The Morgan fingerprint density at radius 3 is 1.47 bits per heavy atom. The van der Waals surface area contributed by atoms with Crippen molar-refractivity contribution in [3.05, 3.63) is 192 Å². The number of hydrogen-bond acceptors (Lipinski definition) is 7.